The number of hydrogen-bond acceptors (Lipinski definition) is 4. The second-order valence-corrected chi connectivity index (χ2v) is 8.65. The number of amides is 3. The van der Waals surface area contributed by atoms with Gasteiger partial charge < -0.3 is 4.90 Å². The number of likely N-dealkylation sites (tertiary alicyclic amines) is 2. The normalized spacial score (nSPS) is 30.9. The molecule has 5 rings (SSSR count). The van der Waals surface area contributed by atoms with Gasteiger partial charge in [-0.05, 0) is 31.1 Å². The SMILES string of the molecule is O=C(c1ccccc1)C1CCN(C(=O)CN2C(=O)C3C4C=CC(C4)C3C2=O)CC1. The number of fused-ring (bicyclic) bond motifs is 5. The highest BCUT2D eigenvalue weighted by atomic mass is 16.2. The topological polar surface area (TPSA) is 74.8 Å². The quantitative estimate of drug-likeness (QED) is 0.446. The zero-order valence-corrected chi connectivity index (χ0v) is 16.2. The monoisotopic (exact) mass is 392 g/mol. The molecule has 4 atom stereocenters. The molecule has 6 nitrogen and oxygen atoms in total. The van der Waals surface area contributed by atoms with Crippen LogP contribution in [-0.4, -0.2) is 52.9 Å². The number of Topliss-reactive ketones (excluding diaryl/α,β-unsaturated/α-hetero) is 1. The molecule has 3 amide bonds. The average Bonchev–Trinajstić information content (AvgIpc) is 3.44. The fourth-order valence-corrected chi connectivity index (χ4v) is 5.58. The zero-order chi connectivity index (χ0) is 20.1. The highest BCUT2D eigenvalue weighted by Gasteiger charge is 2.59. The Bertz CT molecular complexity index is 871. The average molecular weight is 392 g/mol. The van der Waals surface area contributed by atoms with E-state index >= 15 is 0 Å². The minimum atomic E-state index is -0.264. The van der Waals surface area contributed by atoms with Gasteiger partial charge in [0.15, 0.2) is 5.78 Å². The van der Waals surface area contributed by atoms with E-state index in [-0.39, 0.29) is 59.6 Å². The first kappa shape index (κ1) is 18.3. The molecule has 4 aliphatic rings. The lowest BCUT2D eigenvalue weighted by atomic mass is 9.85. The summed E-state index contributed by atoms with van der Waals surface area (Å²) in [6.07, 6.45) is 6.21. The number of hydrogen-bond donors (Lipinski definition) is 0. The molecule has 1 saturated carbocycles. The molecule has 2 bridgehead atoms. The Morgan fingerprint density at radius 1 is 0.897 bits per heavy atom. The van der Waals surface area contributed by atoms with Crippen molar-refractivity contribution < 1.29 is 19.2 Å². The van der Waals surface area contributed by atoms with Gasteiger partial charge in [0, 0.05) is 24.6 Å². The molecule has 0 aromatic heterocycles. The highest BCUT2D eigenvalue weighted by Crippen LogP contribution is 2.52. The third-order valence-corrected chi connectivity index (χ3v) is 7.13. The molecular weight excluding hydrogens is 368 g/mol. The van der Waals surface area contributed by atoms with Crippen LogP contribution in [0.1, 0.15) is 29.6 Å². The molecule has 3 fully saturated rings. The summed E-state index contributed by atoms with van der Waals surface area (Å²) in [6.45, 7) is 0.803. The van der Waals surface area contributed by atoms with Gasteiger partial charge in [0.25, 0.3) is 0 Å². The fourth-order valence-electron chi connectivity index (χ4n) is 5.58. The largest absolute Gasteiger partial charge is 0.341 e. The first-order valence-corrected chi connectivity index (χ1v) is 10.4. The summed E-state index contributed by atoms with van der Waals surface area (Å²) in [7, 11) is 0. The molecule has 2 saturated heterocycles. The van der Waals surface area contributed by atoms with E-state index in [2.05, 4.69) is 12.2 Å². The van der Waals surface area contributed by atoms with Crippen LogP contribution in [0.15, 0.2) is 42.5 Å². The van der Waals surface area contributed by atoms with Crippen LogP contribution in [-0.2, 0) is 14.4 Å². The molecule has 0 radical (unpaired) electrons. The van der Waals surface area contributed by atoms with Crippen LogP contribution < -0.4 is 0 Å². The molecule has 0 N–H and O–H groups in total. The summed E-state index contributed by atoms with van der Waals surface area (Å²) >= 11 is 0. The van der Waals surface area contributed by atoms with E-state index in [9.17, 15) is 19.2 Å². The number of benzene rings is 1. The molecule has 0 spiro atoms. The first-order chi connectivity index (χ1) is 14.0. The van der Waals surface area contributed by atoms with Crippen molar-refractivity contribution in [3.05, 3.63) is 48.0 Å². The Morgan fingerprint density at radius 3 is 2.07 bits per heavy atom. The van der Waals surface area contributed by atoms with E-state index in [1.807, 2.05) is 30.3 Å². The number of ketones is 1. The second kappa shape index (κ2) is 6.94. The Labute approximate surface area is 169 Å². The summed E-state index contributed by atoms with van der Waals surface area (Å²) in [5.74, 6) is -0.742. The van der Waals surface area contributed by atoms with E-state index < -0.39 is 0 Å². The summed E-state index contributed by atoms with van der Waals surface area (Å²) in [6, 6.07) is 9.24. The van der Waals surface area contributed by atoms with Crippen molar-refractivity contribution in [3.8, 4) is 0 Å². The third-order valence-electron chi connectivity index (χ3n) is 7.13. The maximum atomic E-state index is 12.8. The molecule has 1 aromatic rings. The maximum absolute atomic E-state index is 12.8. The van der Waals surface area contributed by atoms with Gasteiger partial charge in [-0.1, -0.05) is 42.5 Å². The van der Waals surface area contributed by atoms with Crippen LogP contribution in [0.4, 0.5) is 0 Å². The summed E-state index contributed by atoms with van der Waals surface area (Å²) in [4.78, 5) is 53.8. The van der Waals surface area contributed by atoms with Crippen molar-refractivity contribution in [2.75, 3.05) is 19.6 Å². The van der Waals surface area contributed by atoms with Crippen LogP contribution >= 0.6 is 0 Å². The maximum Gasteiger partial charge on any atom is 0.242 e. The van der Waals surface area contributed by atoms with Gasteiger partial charge in [-0.25, -0.2) is 0 Å². The minimum Gasteiger partial charge on any atom is -0.341 e. The number of rotatable bonds is 4. The molecular formula is C23H24N2O4. The Hall–Kier alpha value is -2.76. The van der Waals surface area contributed by atoms with Gasteiger partial charge in [0.2, 0.25) is 17.7 Å². The number of piperidine rings is 1. The number of allylic oxidation sites excluding steroid dienone is 2. The standard InChI is InChI=1S/C23H24N2O4/c26-18(13-25-22(28)19-16-6-7-17(12-16)20(19)23(25)29)24-10-8-15(9-11-24)21(27)14-4-2-1-3-5-14/h1-7,15-17,19-20H,8-13H2. The van der Waals surface area contributed by atoms with Gasteiger partial charge in [-0.2, -0.15) is 0 Å². The smallest absolute Gasteiger partial charge is 0.242 e. The summed E-state index contributed by atoms with van der Waals surface area (Å²) in [5.41, 5.74) is 0.709. The van der Waals surface area contributed by atoms with E-state index in [1.54, 1.807) is 4.90 Å². The Morgan fingerprint density at radius 2 is 1.48 bits per heavy atom. The third kappa shape index (κ3) is 2.93. The van der Waals surface area contributed by atoms with Gasteiger partial charge in [0.1, 0.15) is 6.54 Å². The lowest BCUT2D eigenvalue weighted by Gasteiger charge is -2.32. The lowest BCUT2D eigenvalue weighted by Crippen LogP contribution is -2.47. The molecule has 4 unspecified atom stereocenters. The van der Waals surface area contributed by atoms with Crippen molar-refractivity contribution in [3.63, 3.8) is 0 Å². The molecule has 1 aromatic carbocycles. The summed E-state index contributed by atoms with van der Waals surface area (Å²) in [5, 5.41) is 0. The second-order valence-electron chi connectivity index (χ2n) is 8.65. The Balaban J connectivity index is 1.18. The number of nitrogens with zero attached hydrogens (tertiary/aromatic N) is 2. The fraction of sp³-hybridized carbons (Fsp3) is 0.478. The van der Waals surface area contributed by atoms with E-state index in [1.165, 1.54) is 4.90 Å². The van der Waals surface area contributed by atoms with Crippen molar-refractivity contribution in [2.24, 2.45) is 29.6 Å². The van der Waals surface area contributed by atoms with E-state index in [0.29, 0.717) is 31.5 Å². The van der Waals surface area contributed by atoms with Crippen molar-refractivity contribution >= 4 is 23.5 Å². The molecule has 2 aliphatic heterocycles. The molecule has 2 aliphatic carbocycles. The highest BCUT2D eigenvalue weighted by molar-refractivity contribution is 6.08. The molecule has 150 valence electrons. The summed E-state index contributed by atoms with van der Waals surface area (Å²) < 4.78 is 0. The minimum absolute atomic E-state index is 0.0856. The van der Waals surface area contributed by atoms with Gasteiger partial charge >= 0.3 is 0 Å². The van der Waals surface area contributed by atoms with Gasteiger partial charge in [0.05, 0.1) is 11.8 Å². The number of imide groups is 1. The van der Waals surface area contributed by atoms with Crippen LogP contribution in [0.2, 0.25) is 0 Å². The number of carbonyl (C=O) groups is 4. The predicted octanol–water partition coefficient (Wildman–Crippen LogP) is 1.92. The van der Waals surface area contributed by atoms with E-state index in [0.717, 1.165) is 6.42 Å². The van der Waals surface area contributed by atoms with Crippen LogP contribution in [0.25, 0.3) is 0 Å². The van der Waals surface area contributed by atoms with Crippen LogP contribution in [0.3, 0.4) is 0 Å². The van der Waals surface area contributed by atoms with E-state index in [4.69, 9.17) is 0 Å². The molecule has 29 heavy (non-hydrogen) atoms. The van der Waals surface area contributed by atoms with Crippen molar-refractivity contribution in [2.45, 2.75) is 19.3 Å². The first-order valence-electron chi connectivity index (χ1n) is 10.4. The van der Waals surface area contributed by atoms with Crippen LogP contribution in [0, 0.1) is 29.6 Å². The lowest BCUT2D eigenvalue weighted by molar-refractivity contribution is -0.147. The van der Waals surface area contributed by atoms with Crippen LogP contribution in [0.5, 0.6) is 0 Å². The molecule has 2 heterocycles. The van der Waals surface area contributed by atoms with Crippen molar-refractivity contribution in [1.82, 2.24) is 9.80 Å². The predicted molar refractivity (Wildman–Crippen MR) is 105 cm³/mol. The zero-order valence-electron chi connectivity index (χ0n) is 16.2. The van der Waals surface area contributed by atoms with Gasteiger partial charge in [-0.3, -0.25) is 24.1 Å². The molecule has 6 heteroatoms. The van der Waals surface area contributed by atoms with Crippen molar-refractivity contribution in [1.29, 1.82) is 0 Å². The van der Waals surface area contributed by atoms with Gasteiger partial charge in [-0.15, -0.1) is 0 Å². The number of carbonyl (C=O) groups excluding carboxylic acids is 4. The Kier molecular flexibility index (Phi) is 4.37.